The molecule has 0 aromatic heterocycles. The summed E-state index contributed by atoms with van der Waals surface area (Å²) in [6.07, 6.45) is 2.56. The van der Waals surface area contributed by atoms with Crippen LogP contribution in [-0.4, -0.2) is 54.1 Å². The molecule has 1 saturated heterocycles. The Morgan fingerprint density at radius 3 is 2.56 bits per heavy atom. The average Bonchev–Trinajstić information content (AvgIpc) is 3.14. The molecule has 2 aliphatic heterocycles. The van der Waals surface area contributed by atoms with Gasteiger partial charge in [0.15, 0.2) is 0 Å². The molecule has 142 valence electrons. The lowest BCUT2D eigenvalue weighted by Gasteiger charge is -2.31. The Labute approximate surface area is 159 Å². The highest BCUT2D eigenvalue weighted by Crippen LogP contribution is 2.38. The highest BCUT2D eigenvalue weighted by molar-refractivity contribution is 5.49. The number of non-ortho nitro benzene ring substituents is 1. The fraction of sp³-hybridized carbons (Fsp3) is 0.429. The Hall–Kier alpha value is -2.44. The van der Waals surface area contributed by atoms with Crippen molar-refractivity contribution in [3.05, 3.63) is 69.8 Å². The van der Waals surface area contributed by atoms with Crippen LogP contribution in [0.15, 0.2) is 48.5 Å². The van der Waals surface area contributed by atoms with Crippen molar-refractivity contribution >= 4 is 5.69 Å². The molecule has 0 saturated carbocycles. The second-order valence-corrected chi connectivity index (χ2v) is 7.23. The van der Waals surface area contributed by atoms with Gasteiger partial charge in [-0.05, 0) is 37.6 Å². The van der Waals surface area contributed by atoms with E-state index in [1.807, 2.05) is 18.2 Å². The first-order valence-corrected chi connectivity index (χ1v) is 9.65. The van der Waals surface area contributed by atoms with Crippen molar-refractivity contribution in [2.24, 2.45) is 0 Å². The van der Waals surface area contributed by atoms with Crippen molar-refractivity contribution in [3.63, 3.8) is 0 Å². The van der Waals surface area contributed by atoms with E-state index in [2.05, 4.69) is 21.9 Å². The molecule has 1 atom stereocenters. The van der Waals surface area contributed by atoms with Gasteiger partial charge in [0.05, 0.1) is 11.0 Å². The Morgan fingerprint density at radius 1 is 1.04 bits per heavy atom. The molecule has 6 heteroatoms. The minimum atomic E-state index is -0.332. The molecule has 27 heavy (non-hydrogen) atoms. The van der Waals surface area contributed by atoms with E-state index in [1.165, 1.54) is 32.0 Å². The number of ether oxygens (including phenoxy) is 1. The molecular formula is C21H25N3O3. The first kappa shape index (κ1) is 17.9. The van der Waals surface area contributed by atoms with Crippen LogP contribution >= 0.6 is 0 Å². The lowest BCUT2D eigenvalue weighted by atomic mass is 9.96. The monoisotopic (exact) mass is 367 g/mol. The van der Waals surface area contributed by atoms with Gasteiger partial charge < -0.3 is 9.64 Å². The number of nitro benzene ring substituents is 1. The van der Waals surface area contributed by atoms with Gasteiger partial charge in [0.25, 0.3) is 5.69 Å². The number of likely N-dealkylation sites (tertiary alicyclic amines) is 1. The van der Waals surface area contributed by atoms with Gasteiger partial charge in [-0.1, -0.05) is 30.3 Å². The minimum Gasteiger partial charge on any atom is -0.492 e. The summed E-state index contributed by atoms with van der Waals surface area (Å²) in [5, 5.41) is 11.3. The lowest BCUT2D eigenvalue weighted by molar-refractivity contribution is -0.385. The normalized spacial score (nSPS) is 20.7. The maximum absolute atomic E-state index is 11.3. The molecule has 0 spiro atoms. The number of hydrogen-bond donors (Lipinski definition) is 0. The van der Waals surface area contributed by atoms with Crippen molar-refractivity contribution in [1.82, 2.24) is 9.80 Å². The Bertz CT molecular complexity index is 791. The molecule has 0 amide bonds. The average molecular weight is 367 g/mol. The number of nitrogens with zero attached hydrogens (tertiary/aromatic N) is 3. The van der Waals surface area contributed by atoms with Crippen molar-refractivity contribution in [2.45, 2.75) is 18.9 Å². The van der Waals surface area contributed by atoms with E-state index in [0.717, 1.165) is 36.5 Å². The zero-order chi connectivity index (χ0) is 18.6. The summed E-state index contributed by atoms with van der Waals surface area (Å²) in [4.78, 5) is 15.9. The number of fused-ring (bicyclic) bond motifs is 1. The van der Waals surface area contributed by atoms with Crippen LogP contribution in [0.1, 0.15) is 30.0 Å². The van der Waals surface area contributed by atoms with Crippen LogP contribution in [0.2, 0.25) is 0 Å². The van der Waals surface area contributed by atoms with Crippen molar-refractivity contribution in [1.29, 1.82) is 0 Å². The van der Waals surface area contributed by atoms with Crippen LogP contribution in [0, 0.1) is 10.1 Å². The van der Waals surface area contributed by atoms with Gasteiger partial charge in [-0.3, -0.25) is 15.0 Å². The van der Waals surface area contributed by atoms with Gasteiger partial charge in [-0.2, -0.15) is 0 Å². The van der Waals surface area contributed by atoms with Gasteiger partial charge in [0.2, 0.25) is 0 Å². The molecule has 1 unspecified atom stereocenters. The second-order valence-electron chi connectivity index (χ2n) is 7.23. The van der Waals surface area contributed by atoms with Crippen LogP contribution in [-0.2, 0) is 0 Å². The number of rotatable bonds is 5. The fourth-order valence-corrected chi connectivity index (χ4v) is 4.14. The third-order valence-corrected chi connectivity index (χ3v) is 5.52. The van der Waals surface area contributed by atoms with Gasteiger partial charge in [-0.25, -0.2) is 0 Å². The SMILES string of the molecule is O=[N+]([O-])c1ccc2c(c1)C(c1ccccc1)N(CCN1CCCC1)CCO2. The van der Waals surface area contributed by atoms with E-state index in [0.29, 0.717) is 6.61 Å². The topological polar surface area (TPSA) is 58.9 Å². The van der Waals surface area contributed by atoms with Crippen LogP contribution in [0.5, 0.6) is 5.75 Å². The molecule has 2 aromatic rings. The first-order valence-electron chi connectivity index (χ1n) is 9.65. The predicted molar refractivity (Wildman–Crippen MR) is 104 cm³/mol. The standard InChI is InChI=1S/C21H25N3O3/c25-24(26)18-8-9-20-19(16-18)21(17-6-2-1-3-7-17)23(14-15-27-20)13-12-22-10-4-5-11-22/h1-3,6-9,16,21H,4-5,10-15H2. The number of nitro groups is 1. The van der Waals surface area contributed by atoms with Gasteiger partial charge in [0.1, 0.15) is 12.4 Å². The lowest BCUT2D eigenvalue weighted by Crippen LogP contribution is -2.37. The van der Waals surface area contributed by atoms with E-state index in [-0.39, 0.29) is 16.7 Å². The minimum absolute atomic E-state index is 0.0359. The largest absolute Gasteiger partial charge is 0.492 e. The molecule has 2 aliphatic rings. The molecule has 0 radical (unpaired) electrons. The molecule has 2 aromatic carbocycles. The maximum Gasteiger partial charge on any atom is 0.270 e. The molecule has 0 bridgehead atoms. The fourth-order valence-electron chi connectivity index (χ4n) is 4.14. The van der Waals surface area contributed by atoms with E-state index < -0.39 is 0 Å². The van der Waals surface area contributed by atoms with Gasteiger partial charge >= 0.3 is 0 Å². The van der Waals surface area contributed by atoms with Crippen LogP contribution < -0.4 is 4.74 Å². The molecule has 0 N–H and O–H groups in total. The van der Waals surface area contributed by atoms with Crippen molar-refractivity contribution in [2.75, 3.05) is 39.3 Å². The van der Waals surface area contributed by atoms with Crippen molar-refractivity contribution in [3.8, 4) is 5.75 Å². The van der Waals surface area contributed by atoms with Crippen LogP contribution in [0.3, 0.4) is 0 Å². The third-order valence-electron chi connectivity index (χ3n) is 5.52. The smallest absolute Gasteiger partial charge is 0.270 e. The van der Waals surface area contributed by atoms with Crippen LogP contribution in [0.25, 0.3) is 0 Å². The predicted octanol–water partition coefficient (Wildman–Crippen LogP) is 3.47. The molecule has 6 nitrogen and oxygen atoms in total. The van der Waals surface area contributed by atoms with E-state index in [4.69, 9.17) is 4.74 Å². The number of benzene rings is 2. The van der Waals surface area contributed by atoms with E-state index in [9.17, 15) is 10.1 Å². The summed E-state index contributed by atoms with van der Waals surface area (Å²) in [7, 11) is 0. The molecule has 4 rings (SSSR count). The molecular weight excluding hydrogens is 342 g/mol. The van der Waals surface area contributed by atoms with E-state index >= 15 is 0 Å². The van der Waals surface area contributed by atoms with Crippen LogP contribution in [0.4, 0.5) is 5.69 Å². The molecule has 2 heterocycles. The number of hydrogen-bond acceptors (Lipinski definition) is 5. The molecule has 0 aliphatic carbocycles. The Balaban J connectivity index is 1.69. The maximum atomic E-state index is 11.3. The molecule has 1 fully saturated rings. The van der Waals surface area contributed by atoms with Gasteiger partial charge in [0, 0.05) is 37.3 Å². The summed E-state index contributed by atoms with van der Waals surface area (Å²) < 4.78 is 5.96. The summed E-state index contributed by atoms with van der Waals surface area (Å²) in [5.74, 6) is 0.748. The quantitative estimate of drug-likeness (QED) is 0.598. The highest BCUT2D eigenvalue weighted by atomic mass is 16.6. The summed E-state index contributed by atoms with van der Waals surface area (Å²) in [6.45, 7) is 5.67. The summed E-state index contributed by atoms with van der Waals surface area (Å²) in [5.41, 5.74) is 2.14. The Kier molecular flexibility index (Phi) is 5.36. The second kappa shape index (κ2) is 8.06. The zero-order valence-electron chi connectivity index (χ0n) is 15.4. The first-order chi connectivity index (χ1) is 13.2. The highest BCUT2D eigenvalue weighted by Gasteiger charge is 2.30. The van der Waals surface area contributed by atoms with Gasteiger partial charge in [-0.15, -0.1) is 0 Å². The zero-order valence-corrected chi connectivity index (χ0v) is 15.4. The Morgan fingerprint density at radius 2 is 1.81 bits per heavy atom. The summed E-state index contributed by atoms with van der Waals surface area (Å²) >= 11 is 0. The third kappa shape index (κ3) is 3.96. The van der Waals surface area contributed by atoms with Crippen molar-refractivity contribution < 1.29 is 9.66 Å². The summed E-state index contributed by atoms with van der Waals surface area (Å²) in [6, 6.07) is 15.2. The van der Waals surface area contributed by atoms with E-state index in [1.54, 1.807) is 12.1 Å².